The minimum atomic E-state index is 0.725. The van der Waals surface area contributed by atoms with Gasteiger partial charge in [0.25, 0.3) is 0 Å². The molecule has 0 saturated carbocycles. The lowest BCUT2D eigenvalue weighted by Gasteiger charge is -2.31. The van der Waals surface area contributed by atoms with E-state index < -0.39 is 0 Å². The van der Waals surface area contributed by atoms with Gasteiger partial charge in [-0.15, -0.1) is 5.10 Å². The van der Waals surface area contributed by atoms with Crippen LogP contribution >= 0.6 is 0 Å². The van der Waals surface area contributed by atoms with E-state index in [1.54, 1.807) is 0 Å². The van der Waals surface area contributed by atoms with Crippen LogP contribution in [-0.2, 0) is 0 Å². The normalized spacial score (nSPS) is 22.0. The highest BCUT2D eigenvalue weighted by atomic mass is 15.4. The predicted octanol–water partition coefficient (Wildman–Crippen LogP) is 0.549. The average Bonchev–Trinajstić information content (AvgIpc) is 2.66. The van der Waals surface area contributed by atoms with Crippen LogP contribution in [0.25, 0.3) is 0 Å². The van der Waals surface area contributed by atoms with Crippen LogP contribution in [0.3, 0.4) is 0 Å². The number of rotatable bonds is 3. The zero-order valence-corrected chi connectivity index (χ0v) is 9.45. The fourth-order valence-electron chi connectivity index (χ4n) is 2.17. The Bertz CT molecular complexity index is 307. The minimum absolute atomic E-state index is 0.725. The molecule has 0 radical (unpaired) electrons. The Morgan fingerprint density at radius 2 is 2.47 bits per heavy atom. The van der Waals surface area contributed by atoms with Crippen molar-refractivity contribution in [3.8, 4) is 0 Å². The van der Waals surface area contributed by atoms with E-state index in [1.165, 1.54) is 12.8 Å². The first-order valence-corrected chi connectivity index (χ1v) is 5.58. The zero-order chi connectivity index (χ0) is 10.7. The van der Waals surface area contributed by atoms with E-state index in [1.807, 2.05) is 14.0 Å². The van der Waals surface area contributed by atoms with Gasteiger partial charge in [-0.2, -0.15) is 4.98 Å². The van der Waals surface area contributed by atoms with Crippen molar-refractivity contribution >= 4 is 5.95 Å². The van der Waals surface area contributed by atoms with E-state index in [0.29, 0.717) is 0 Å². The number of nitrogens with zero attached hydrogens (tertiary/aromatic N) is 3. The van der Waals surface area contributed by atoms with E-state index >= 15 is 0 Å². The third-order valence-corrected chi connectivity index (χ3v) is 2.88. The fourth-order valence-corrected chi connectivity index (χ4v) is 2.17. The van der Waals surface area contributed by atoms with Gasteiger partial charge < -0.3 is 10.2 Å². The molecule has 1 unspecified atom stereocenters. The smallest absolute Gasteiger partial charge is 0.244 e. The summed E-state index contributed by atoms with van der Waals surface area (Å²) in [5.74, 6) is 2.47. The highest BCUT2D eigenvalue weighted by Gasteiger charge is 2.21. The average molecular weight is 209 g/mol. The first-order chi connectivity index (χ1) is 7.29. The molecule has 1 aromatic heterocycles. The Labute approximate surface area is 90.3 Å². The molecule has 0 bridgehead atoms. The van der Waals surface area contributed by atoms with E-state index in [9.17, 15) is 0 Å². The van der Waals surface area contributed by atoms with Gasteiger partial charge in [-0.05, 0) is 39.3 Å². The van der Waals surface area contributed by atoms with E-state index in [-0.39, 0.29) is 0 Å². The van der Waals surface area contributed by atoms with Crippen molar-refractivity contribution in [2.45, 2.75) is 19.8 Å². The maximum Gasteiger partial charge on any atom is 0.244 e. The van der Waals surface area contributed by atoms with Crippen LogP contribution in [0, 0.1) is 12.8 Å². The Morgan fingerprint density at radius 3 is 3.13 bits per heavy atom. The molecule has 15 heavy (non-hydrogen) atoms. The van der Waals surface area contributed by atoms with Gasteiger partial charge in [0.2, 0.25) is 5.95 Å². The van der Waals surface area contributed by atoms with Crippen LogP contribution in [0.2, 0.25) is 0 Å². The fraction of sp³-hybridized carbons (Fsp3) is 0.800. The molecule has 84 valence electrons. The van der Waals surface area contributed by atoms with E-state index in [2.05, 4.69) is 25.4 Å². The van der Waals surface area contributed by atoms with Crippen molar-refractivity contribution in [1.29, 1.82) is 0 Å². The molecule has 5 nitrogen and oxygen atoms in total. The summed E-state index contributed by atoms with van der Waals surface area (Å²) in [7, 11) is 2.01. The summed E-state index contributed by atoms with van der Waals surface area (Å²) >= 11 is 0. The molecule has 0 amide bonds. The monoisotopic (exact) mass is 209 g/mol. The lowest BCUT2D eigenvalue weighted by atomic mass is 9.98. The van der Waals surface area contributed by atoms with Crippen molar-refractivity contribution in [2.24, 2.45) is 5.92 Å². The Balaban J connectivity index is 1.98. The van der Waals surface area contributed by atoms with Crippen LogP contribution < -0.4 is 10.2 Å². The second-order valence-corrected chi connectivity index (χ2v) is 4.23. The third kappa shape index (κ3) is 2.47. The molecular weight excluding hydrogens is 190 g/mol. The summed E-state index contributed by atoms with van der Waals surface area (Å²) in [6.07, 6.45) is 2.54. The topological polar surface area (TPSA) is 56.8 Å². The van der Waals surface area contributed by atoms with Crippen molar-refractivity contribution < 1.29 is 0 Å². The minimum Gasteiger partial charge on any atom is -0.339 e. The number of aryl methyl sites for hydroxylation is 1. The molecule has 0 spiro atoms. The maximum absolute atomic E-state index is 4.37. The quantitative estimate of drug-likeness (QED) is 0.763. The Hall–Kier alpha value is -1.10. The number of hydrogen-bond acceptors (Lipinski definition) is 4. The molecule has 2 heterocycles. The summed E-state index contributed by atoms with van der Waals surface area (Å²) in [5.41, 5.74) is 0. The third-order valence-electron chi connectivity index (χ3n) is 2.88. The largest absolute Gasteiger partial charge is 0.339 e. The maximum atomic E-state index is 4.37. The molecule has 1 aliphatic rings. The van der Waals surface area contributed by atoms with E-state index in [0.717, 1.165) is 37.3 Å². The van der Waals surface area contributed by atoms with E-state index in [4.69, 9.17) is 0 Å². The summed E-state index contributed by atoms with van der Waals surface area (Å²) in [4.78, 5) is 6.64. The molecule has 1 fully saturated rings. The van der Waals surface area contributed by atoms with Crippen LogP contribution in [0.15, 0.2) is 0 Å². The molecule has 0 aromatic carbocycles. The number of piperidine rings is 1. The molecule has 1 aliphatic heterocycles. The van der Waals surface area contributed by atoms with Crippen LogP contribution in [-0.4, -0.2) is 41.9 Å². The standard InChI is InChI=1S/C10H19N5/c1-8-12-10(14-13-8)15-5-3-4-9(7-15)6-11-2/h9,11H,3-7H2,1-2H3,(H,12,13,14). The predicted molar refractivity (Wildman–Crippen MR) is 60.0 cm³/mol. The number of aromatic amines is 1. The van der Waals surface area contributed by atoms with Crippen LogP contribution in [0.4, 0.5) is 5.95 Å². The Morgan fingerprint density at radius 1 is 1.60 bits per heavy atom. The summed E-state index contributed by atoms with van der Waals surface area (Å²) in [6, 6.07) is 0. The molecule has 1 saturated heterocycles. The molecule has 2 N–H and O–H groups in total. The van der Waals surface area contributed by atoms with Crippen molar-refractivity contribution in [2.75, 3.05) is 31.6 Å². The second-order valence-electron chi connectivity index (χ2n) is 4.23. The summed E-state index contributed by atoms with van der Waals surface area (Å²) in [6.45, 7) is 5.17. The molecule has 0 aliphatic carbocycles. The van der Waals surface area contributed by atoms with Crippen LogP contribution in [0.1, 0.15) is 18.7 Å². The van der Waals surface area contributed by atoms with Crippen LogP contribution in [0.5, 0.6) is 0 Å². The number of aromatic nitrogens is 3. The van der Waals surface area contributed by atoms with Crippen molar-refractivity contribution in [3.05, 3.63) is 5.82 Å². The Kier molecular flexibility index (Phi) is 3.20. The van der Waals surface area contributed by atoms with Gasteiger partial charge in [-0.3, -0.25) is 5.10 Å². The van der Waals surface area contributed by atoms with Gasteiger partial charge in [0.05, 0.1) is 0 Å². The lowest BCUT2D eigenvalue weighted by molar-refractivity contribution is 0.399. The summed E-state index contributed by atoms with van der Waals surface area (Å²) < 4.78 is 0. The van der Waals surface area contributed by atoms with Gasteiger partial charge in [-0.25, -0.2) is 0 Å². The number of nitrogens with one attached hydrogen (secondary N) is 2. The van der Waals surface area contributed by atoms with Gasteiger partial charge in [0.15, 0.2) is 0 Å². The van der Waals surface area contributed by atoms with Crippen molar-refractivity contribution in [1.82, 2.24) is 20.5 Å². The second kappa shape index (κ2) is 4.61. The molecule has 1 atom stereocenters. The first-order valence-electron chi connectivity index (χ1n) is 5.58. The summed E-state index contributed by atoms with van der Waals surface area (Å²) in [5, 5.41) is 10.3. The number of hydrogen-bond donors (Lipinski definition) is 2. The van der Waals surface area contributed by atoms with Crippen molar-refractivity contribution in [3.63, 3.8) is 0 Å². The zero-order valence-electron chi connectivity index (χ0n) is 9.45. The van der Waals surface area contributed by atoms with Gasteiger partial charge in [0.1, 0.15) is 5.82 Å². The van der Waals surface area contributed by atoms with Gasteiger partial charge in [0, 0.05) is 13.1 Å². The lowest BCUT2D eigenvalue weighted by Crippen LogP contribution is -2.39. The van der Waals surface area contributed by atoms with Gasteiger partial charge in [-0.1, -0.05) is 0 Å². The van der Waals surface area contributed by atoms with Gasteiger partial charge >= 0.3 is 0 Å². The highest BCUT2D eigenvalue weighted by Crippen LogP contribution is 2.19. The SMILES string of the molecule is CNCC1CCCN(c2n[nH]c(C)n2)C1. The molecule has 1 aromatic rings. The molecular formula is C10H19N5. The highest BCUT2D eigenvalue weighted by molar-refractivity contribution is 5.29. The number of H-pyrrole nitrogens is 1. The molecule has 2 rings (SSSR count). The molecule has 5 heteroatoms. The number of anilines is 1. The first kappa shape index (κ1) is 10.4.